The van der Waals surface area contributed by atoms with Crippen LogP contribution in [0.15, 0.2) is 40.9 Å². The second-order valence-electron chi connectivity index (χ2n) is 3.71. The van der Waals surface area contributed by atoms with E-state index in [0.717, 1.165) is 18.2 Å². The molecule has 1 N–H and O–H groups in total. The third-order valence-corrected chi connectivity index (χ3v) is 3.14. The predicted molar refractivity (Wildman–Crippen MR) is 64.5 cm³/mol. The Morgan fingerprint density at radius 1 is 1.00 bits per heavy atom. The van der Waals surface area contributed by atoms with Crippen LogP contribution in [0.5, 0.6) is 0 Å². The van der Waals surface area contributed by atoms with Crippen LogP contribution in [0.2, 0.25) is 0 Å². The summed E-state index contributed by atoms with van der Waals surface area (Å²) in [5.41, 5.74) is -0.416. The van der Waals surface area contributed by atoms with Gasteiger partial charge in [-0.3, -0.25) is 0 Å². The number of rotatable bonds is 2. The second kappa shape index (κ2) is 5.12. The van der Waals surface area contributed by atoms with Crippen LogP contribution < -0.4 is 0 Å². The number of halogens is 4. The molecule has 0 aromatic heterocycles. The van der Waals surface area contributed by atoms with E-state index in [4.69, 9.17) is 0 Å². The highest BCUT2D eigenvalue weighted by atomic mass is 79.9. The monoisotopic (exact) mass is 316 g/mol. The molecule has 2 aromatic carbocycles. The van der Waals surface area contributed by atoms with Crippen LogP contribution >= 0.6 is 15.9 Å². The summed E-state index contributed by atoms with van der Waals surface area (Å²) < 4.78 is 40.4. The Kier molecular flexibility index (Phi) is 3.73. The fourth-order valence-electron chi connectivity index (χ4n) is 1.62. The Hall–Kier alpha value is -1.33. The Labute approximate surface area is 110 Å². The maximum atomic E-state index is 13.7. The van der Waals surface area contributed by atoms with Gasteiger partial charge >= 0.3 is 0 Å². The molecular formula is C13H8BrF3O. The molecule has 2 aromatic rings. The van der Waals surface area contributed by atoms with Crippen molar-refractivity contribution in [3.63, 3.8) is 0 Å². The van der Waals surface area contributed by atoms with Gasteiger partial charge in [0.25, 0.3) is 0 Å². The largest absolute Gasteiger partial charge is 0.383 e. The SMILES string of the molecule is OC(c1cc(F)ccc1F)c1cccc(Br)c1F. The first-order chi connectivity index (χ1) is 8.50. The van der Waals surface area contributed by atoms with E-state index in [-0.39, 0.29) is 15.6 Å². The molecule has 0 amide bonds. The minimum atomic E-state index is -1.56. The summed E-state index contributed by atoms with van der Waals surface area (Å²) in [5.74, 6) is -2.18. The van der Waals surface area contributed by atoms with Gasteiger partial charge in [0.1, 0.15) is 23.6 Å². The van der Waals surface area contributed by atoms with Crippen LogP contribution in [0.1, 0.15) is 17.2 Å². The van der Waals surface area contributed by atoms with Crippen molar-refractivity contribution >= 4 is 15.9 Å². The summed E-state index contributed by atoms with van der Waals surface area (Å²) in [6.07, 6.45) is -1.56. The van der Waals surface area contributed by atoms with Crippen LogP contribution in [0, 0.1) is 17.5 Å². The molecule has 94 valence electrons. The van der Waals surface area contributed by atoms with Crippen LogP contribution in [0.3, 0.4) is 0 Å². The van der Waals surface area contributed by atoms with Gasteiger partial charge in [0.2, 0.25) is 0 Å². The molecule has 0 aliphatic carbocycles. The van der Waals surface area contributed by atoms with Crippen molar-refractivity contribution in [1.82, 2.24) is 0 Å². The fourth-order valence-corrected chi connectivity index (χ4v) is 2.00. The normalized spacial score (nSPS) is 12.5. The van der Waals surface area contributed by atoms with Gasteiger partial charge in [0, 0.05) is 11.1 Å². The molecule has 18 heavy (non-hydrogen) atoms. The van der Waals surface area contributed by atoms with E-state index >= 15 is 0 Å². The zero-order valence-corrected chi connectivity index (χ0v) is 10.6. The van der Waals surface area contributed by atoms with E-state index in [9.17, 15) is 18.3 Å². The minimum absolute atomic E-state index is 0.117. The lowest BCUT2D eigenvalue weighted by molar-refractivity contribution is 0.209. The van der Waals surface area contributed by atoms with Crippen molar-refractivity contribution in [3.05, 3.63) is 69.4 Å². The minimum Gasteiger partial charge on any atom is -0.383 e. The standard InChI is InChI=1S/C13H8BrF3O/c14-10-3-1-2-8(12(10)17)13(18)9-6-7(15)4-5-11(9)16/h1-6,13,18H. The van der Waals surface area contributed by atoms with Crippen molar-refractivity contribution in [1.29, 1.82) is 0 Å². The van der Waals surface area contributed by atoms with Gasteiger partial charge < -0.3 is 5.11 Å². The predicted octanol–water partition coefficient (Wildman–Crippen LogP) is 3.95. The van der Waals surface area contributed by atoms with E-state index < -0.39 is 23.6 Å². The first-order valence-corrected chi connectivity index (χ1v) is 5.87. The highest BCUT2D eigenvalue weighted by Crippen LogP contribution is 2.29. The molecule has 2 rings (SSSR count). The van der Waals surface area contributed by atoms with Crippen LogP contribution in [0.25, 0.3) is 0 Å². The highest BCUT2D eigenvalue weighted by molar-refractivity contribution is 9.10. The molecule has 0 spiro atoms. The van der Waals surface area contributed by atoms with Crippen LogP contribution in [-0.2, 0) is 0 Å². The summed E-state index contributed by atoms with van der Waals surface area (Å²) in [7, 11) is 0. The summed E-state index contributed by atoms with van der Waals surface area (Å²) in [5, 5.41) is 9.93. The molecule has 1 unspecified atom stereocenters. The Balaban J connectivity index is 2.51. The van der Waals surface area contributed by atoms with Gasteiger partial charge in [-0.2, -0.15) is 0 Å². The zero-order chi connectivity index (χ0) is 13.3. The van der Waals surface area contributed by atoms with E-state index in [2.05, 4.69) is 15.9 Å². The molecule has 0 radical (unpaired) electrons. The van der Waals surface area contributed by atoms with Crippen molar-refractivity contribution in [2.75, 3.05) is 0 Å². The third-order valence-electron chi connectivity index (χ3n) is 2.53. The highest BCUT2D eigenvalue weighted by Gasteiger charge is 2.20. The fraction of sp³-hybridized carbons (Fsp3) is 0.0769. The van der Waals surface area contributed by atoms with Gasteiger partial charge in [-0.1, -0.05) is 12.1 Å². The number of aliphatic hydroxyl groups is 1. The van der Waals surface area contributed by atoms with Crippen molar-refractivity contribution in [3.8, 4) is 0 Å². The maximum absolute atomic E-state index is 13.7. The number of hydrogen-bond donors (Lipinski definition) is 1. The number of benzene rings is 2. The van der Waals surface area contributed by atoms with Crippen LogP contribution in [0.4, 0.5) is 13.2 Å². The van der Waals surface area contributed by atoms with Gasteiger partial charge in [-0.25, -0.2) is 13.2 Å². The molecule has 0 saturated heterocycles. The van der Waals surface area contributed by atoms with Gasteiger partial charge in [-0.15, -0.1) is 0 Å². The molecule has 5 heteroatoms. The summed E-state index contributed by atoms with van der Waals surface area (Å²) in [6.45, 7) is 0. The van der Waals surface area contributed by atoms with Crippen molar-refractivity contribution < 1.29 is 18.3 Å². The van der Waals surface area contributed by atoms with E-state index in [1.54, 1.807) is 0 Å². The van der Waals surface area contributed by atoms with Gasteiger partial charge in [0.05, 0.1) is 4.47 Å². The average molecular weight is 317 g/mol. The summed E-state index contributed by atoms with van der Waals surface area (Å²) in [4.78, 5) is 0. The van der Waals surface area contributed by atoms with E-state index in [0.29, 0.717) is 0 Å². The Morgan fingerprint density at radius 3 is 2.44 bits per heavy atom. The Bertz CT molecular complexity index is 584. The lowest BCUT2D eigenvalue weighted by Gasteiger charge is -2.14. The topological polar surface area (TPSA) is 20.2 Å². The number of aliphatic hydroxyl groups excluding tert-OH is 1. The van der Waals surface area contributed by atoms with Crippen LogP contribution in [-0.4, -0.2) is 5.11 Å². The molecule has 0 fully saturated rings. The van der Waals surface area contributed by atoms with Gasteiger partial charge in [-0.05, 0) is 40.2 Å². The number of hydrogen-bond acceptors (Lipinski definition) is 1. The molecule has 1 atom stereocenters. The smallest absolute Gasteiger partial charge is 0.143 e. The van der Waals surface area contributed by atoms with Gasteiger partial charge in [0.15, 0.2) is 0 Å². The summed E-state index contributed by atoms with van der Waals surface area (Å²) in [6, 6.07) is 6.94. The molecular weight excluding hydrogens is 309 g/mol. The molecule has 0 saturated carbocycles. The maximum Gasteiger partial charge on any atom is 0.143 e. The zero-order valence-electron chi connectivity index (χ0n) is 9.00. The third kappa shape index (κ3) is 2.42. The lowest BCUT2D eigenvalue weighted by atomic mass is 10.0. The summed E-state index contributed by atoms with van der Waals surface area (Å²) >= 11 is 2.97. The molecule has 0 heterocycles. The average Bonchev–Trinajstić information content (AvgIpc) is 2.35. The lowest BCUT2D eigenvalue weighted by Crippen LogP contribution is -2.06. The quantitative estimate of drug-likeness (QED) is 0.889. The molecule has 0 bridgehead atoms. The Morgan fingerprint density at radius 2 is 1.72 bits per heavy atom. The molecule has 0 aliphatic rings. The molecule has 1 nitrogen and oxygen atoms in total. The first kappa shape index (κ1) is 13.1. The van der Waals surface area contributed by atoms with Crippen molar-refractivity contribution in [2.45, 2.75) is 6.10 Å². The van der Waals surface area contributed by atoms with Crippen molar-refractivity contribution in [2.24, 2.45) is 0 Å². The van der Waals surface area contributed by atoms with E-state index in [1.165, 1.54) is 18.2 Å². The first-order valence-electron chi connectivity index (χ1n) is 5.07. The van der Waals surface area contributed by atoms with E-state index in [1.807, 2.05) is 0 Å². The molecule has 0 aliphatic heterocycles. The second-order valence-corrected chi connectivity index (χ2v) is 4.57.